The zero-order valence-corrected chi connectivity index (χ0v) is 9.54. The van der Waals surface area contributed by atoms with Gasteiger partial charge in [-0.3, -0.25) is 0 Å². The third-order valence-electron chi connectivity index (χ3n) is 1.97. The van der Waals surface area contributed by atoms with Gasteiger partial charge in [-0.05, 0) is 25.2 Å². The van der Waals surface area contributed by atoms with E-state index < -0.39 is 6.10 Å². The van der Waals surface area contributed by atoms with Crippen molar-refractivity contribution in [2.24, 2.45) is 0 Å². The van der Waals surface area contributed by atoms with Crippen LogP contribution in [0.3, 0.4) is 0 Å². The minimum Gasteiger partial charge on any atom is -0.508 e. The fourth-order valence-electron chi connectivity index (χ4n) is 1.29. The van der Waals surface area contributed by atoms with Crippen molar-refractivity contribution in [1.82, 2.24) is 5.32 Å². The predicted molar refractivity (Wildman–Crippen MR) is 60.8 cm³/mol. The molecule has 15 heavy (non-hydrogen) atoms. The molecule has 4 nitrogen and oxygen atoms in total. The second kappa shape index (κ2) is 6.50. The summed E-state index contributed by atoms with van der Waals surface area (Å²) < 4.78 is 5.07. The normalized spacial score (nSPS) is 11.7. The molecular formula is C10H16ClNO3. The second-order valence-electron chi connectivity index (χ2n) is 3.00. The summed E-state index contributed by atoms with van der Waals surface area (Å²) in [4.78, 5) is 0. The molecule has 1 unspecified atom stereocenters. The maximum atomic E-state index is 9.70. The Balaban J connectivity index is 0.00000196. The molecule has 0 amide bonds. The Morgan fingerprint density at radius 1 is 1.47 bits per heavy atom. The molecule has 0 saturated carbocycles. The first-order valence-electron chi connectivity index (χ1n) is 4.38. The molecule has 0 aliphatic rings. The van der Waals surface area contributed by atoms with Gasteiger partial charge in [0.2, 0.25) is 0 Å². The Hall–Kier alpha value is -0.970. The van der Waals surface area contributed by atoms with E-state index >= 15 is 0 Å². The third-order valence-corrected chi connectivity index (χ3v) is 1.97. The van der Waals surface area contributed by atoms with E-state index in [-0.39, 0.29) is 18.2 Å². The van der Waals surface area contributed by atoms with Crippen molar-refractivity contribution >= 4 is 12.4 Å². The van der Waals surface area contributed by atoms with E-state index in [1.54, 1.807) is 13.1 Å². The van der Waals surface area contributed by atoms with E-state index in [9.17, 15) is 10.2 Å². The number of likely N-dealkylation sites (N-methyl/N-ethyl adjacent to an activating group) is 1. The fourth-order valence-corrected chi connectivity index (χ4v) is 1.29. The van der Waals surface area contributed by atoms with Gasteiger partial charge in [0, 0.05) is 12.1 Å². The SMILES string of the molecule is CNCC(O)c1cc(O)ccc1OC.Cl. The summed E-state index contributed by atoms with van der Waals surface area (Å²) in [5.74, 6) is 0.696. The highest BCUT2D eigenvalue weighted by molar-refractivity contribution is 5.85. The highest BCUT2D eigenvalue weighted by Crippen LogP contribution is 2.28. The van der Waals surface area contributed by atoms with E-state index in [1.165, 1.54) is 19.2 Å². The Labute approximate surface area is 95.3 Å². The Morgan fingerprint density at radius 3 is 2.67 bits per heavy atom. The summed E-state index contributed by atoms with van der Waals surface area (Å²) >= 11 is 0. The summed E-state index contributed by atoms with van der Waals surface area (Å²) in [6, 6.07) is 4.65. The van der Waals surface area contributed by atoms with Crippen LogP contribution >= 0.6 is 12.4 Å². The molecular weight excluding hydrogens is 218 g/mol. The number of ether oxygens (including phenoxy) is 1. The highest BCUT2D eigenvalue weighted by Gasteiger charge is 2.12. The van der Waals surface area contributed by atoms with E-state index in [0.717, 1.165) is 0 Å². The van der Waals surface area contributed by atoms with Gasteiger partial charge in [0.15, 0.2) is 0 Å². The van der Waals surface area contributed by atoms with Crippen molar-refractivity contribution in [3.05, 3.63) is 23.8 Å². The molecule has 0 saturated heterocycles. The predicted octanol–water partition coefficient (Wildman–Crippen LogP) is 1.08. The Bertz CT molecular complexity index is 307. The molecule has 86 valence electrons. The maximum Gasteiger partial charge on any atom is 0.124 e. The van der Waals surface area contributed by atoms with Gasteiger partial charge in [0.05, 0.1) is 13.2 Å². The van der Waals surface area contributed by atoms with Crippen LogP contribution in [0.4, 0.5) is 0 Å². The van der Waals surface area contributed by atoms with Gasteiger partial charge in [-0.15, -0.1) is 12.4 Å². The van der Waals surface area contributed by atoms with E-state index in [2.05, 4.69) is 5.32 Å². The molecule has 0 aliphatic heterocycles. The molecule has 5 heteroatoms. The molecule has 0 spiro atoms. The summed E-state index contributed by atoms with van der Waals surface area (Å²) in [6.07, 6.45) is -0.679. The number of phenols is 1. The van der Waals surface area contributed by atoms with Gasteiger partial charge >= 0.3 is 0 Å². The van der Waals surface area contributed by atoms with Crippen LogP contribution in [0.1, 0.15) is 11.7 Å². The van der Waals surface area contributed by atoms with Gasteiger partial charge in [-0.2, -0.15) is 0 Å². The molecule has 1 aromatic rings. The molecule has 0 bridgehead atoms. The minimum absolute atomic E-state index is 0. The van der Waals surface area contributed by atoms with Crippen molar-refractivity contribution in [2.45, 2.75) is 6.10 Å². The zero-order chi connectivity index (χ0) is 10.6. The molecule has 0 aromatic heterocycles. The number of aliphatic hydroxyl groups is 1. The smallest absolute Gasteiger partial charge is 0.124 e. The third kappa shape index (κ3) is 3.58. The monoisotopic (exact) mass is 233 g/mol. The lowest BCUT2D eigenvalue weighted by atomic mass is 10.1. The summed E-state index contributed by atoms with van der Waals surface area (Å²) in [6.45, 7) is 0.416. The number of halogens is 1. The first-order chi connectivity index (χ1) is 6.69. The number of rotatable bonds is 4. The fraction of sp³-hybridized carbons (Fsp3) is 0.400. The number of hydrogen-bond acceptors (Lipinski definition) is 4. The van der Waals surface area contributed by atoms with Crippen LogP contribution in [-0.4, -0.2) is 30.9 Å². The van der Waals surface area contributed by atoms with Crippen LogP contribution in [0.15, 0.2) is 18.2 Å². The van der Waals surface area contributed by atoms with E-state index in [0.29, 0.717) is 17.9 Å². The molecule has 3 N–H and O–H groups in total. The van der Waals surface area contributed by atoms with Crippen molar-refractivity contribution in [3.8, 4) is 11.5 Å². The Morgan fingerprint density at radius 2 is 2.13 bits per heavy atom. The van der Waals surface area contributed by atoms with E-state index in [4.69, 9.17) is 4.74 Å². The number of phenolic OH excluding ortho intramolecular Hbond substituents is 1. The van der Waals surface area contributed by atoms with Crippen LogP contribution in [0.25, 0.3) is 0 Å². The van der Waals surface area contributed by atoms with Crippen LogP contribution in [0.5, 0.6) is 11.5 Å². The summed E-state index contributed by atoms with van der Waals surface area (Å²) in [7, 11) is 3.28. The average molecular weight is 234 g/mol. The number of nitrogens with one attached hydrogen (secondary N) is 1. The van der Waals surface area contributed by atoms with Gasteiger partial charge in [-0.1, -0.05) is 0 Å². The number of aliphatic hydroxyl groups excluding tert-OH is 1. The lowest BCUT2D eigenvalue weighted by molar-refractivity contribution is 0.173. The van der Waals surface area contributed by atoms with Crippen LogP contribution in [-0.2, 0) is 0 Å². The number of methoxy groups -OCH3 is 1. The van der Waals surface area contributed by atoms with Gasteiger partial charge in [0.1, 0.15) is 11.5 Å². The standard InChI is InChI=1S/C10H15NO3.ClH/c1-11-6-9(13)8-5-7(12)3-4-10(8)14-2;/h3-5,9,11-13H,6H2,1-2H3;1H. The zero-order valence-electron chi connectivity index (χ0n) is 8.73. The van der Waals surface area contributed by atoms with Crippen molar-refractivity contribution in [1.29, 1.82) is 0 Å². The number of aromatic hydroxyl groups is 1. The lowest BCUT2D eigenvalue weighted by Gasteiger charge is -2.14. The van der Waals surface area contributed by atoms with Crippen molar-refractivity contribution in [2.75, 3.05) is 20.7 Å². The number of benzene rings is 1. The average Bonchev–Trinajstić information content (AvgIpc) is 2.18. The first-order valence-corrected chi connectivity index (χ1v) is 4.38. The molecule has 0 fully saturated rings. The number of hydrogen-bond donors (Lipinski definition) is 3. The van der Waals surface area contributed by atoms with Gasteiger partial charge < -0.3 is 20.3 Å². The minimum atomic E-state index is -0.679. The van der Waals surface area contributed by atoms with Crippen LogP contribution in [0.2, 0.25) is 0 Å². The summed E-state index contributed by atoms with van der Waals surface area (Å²) in [5.41, 5.74) is 0.585. The molecule has 1 atom stereocenters. The largest absolute Gasteiger partial charge is 0.508 e. The summed E-state index contributed by atoms with van der Waals surface area (Å²) in [5, 5.41) is 21.8. The van der Waals surface area contributed by atoms with Gasteiger partial charge in [-0.25, -0.2) is 0 Å². The molecule has 0 heterocycles. The van der Waals surface area contributed by atoms with Crippen molar-refractivity contribution in [3.63, 3.8) is 0 Å². The van der Waals surface area contributed by atoms with Crippen molar-refractivity contribution < 1.29 is 14.9 Å². The lowest BCUT2D eigenvalue weighted by Crippen LogP contribution is -2.17. The molecule has 1 aromatic carbocycles. The Kier molecular flexibility index (Phi) is 6.08. The molecule has 1 rings (SSSR count). The molecule has 0 radical (unpaired) electrons. The van der Waals surface area contributed by atoms with Gasteiger partial charge in [0.25, 0.3) is 0 Å². The molecule has 0 aliphatic carbocycles. The second-order valence-corrected chi connectivity index (χ2v) is 3.00. The maximum absolute atomic E-state index is 9.70. The first kappa shape index (κ1) is 14.0. The topological polar surface area (TPSA) is 61.7 Å². The van der Waals surface area contributed by atoms with Crippen LogP contribution in [0, 0.1) is 0 Å². The highest BCUT2D eigenvalue weighted by atomic mass is 35.5. The van der Waals surface area contributed by atoms with Crippen LogP contribution < -0.4 is 10.1 Å². The van der Waals surface area contributed by atoms with E-state index in [1.807, 2.05) is 0 Å². The quantitative estimate of drug-likeness (QED) is 0.728.